The summed E-state index contributed by atoms with van der Waals surface area (Å²) in [6.45, 7) is 4.03. The molecule has 0 saturated carbocycles. The highest BCUT2D eigenvalue weighted by Crippen LogP contribution is 2.28. The Balaban J connectivity index is 2.31. The summed E-state index contributed by atoms with van der Waals surface area (Å²) in [7, 11) is 0. The molecule has 1 nitrogen and oxygen atoms in total. The molecule has 19 heavy (non-hydrogen) atoms. The third-order valence-corrected chi connectivity index (χ3v) is 3.46. The van der Waals surface area contributed by atoms with E-state index in [1.807, 2.05) is 36.4 Å². The Bertz CT molecular complexity index is 535. The Labute approximate surface area is 124 Å². The van der Waals surface area contributed by atoms with Gasteiger partial charge in [0.25, 0.3) is 0 Å². The first-order chi connectivity index (χ1) is 9.20. The number of benzene rings is 2. The summed E-state index contributed by atoms with van der Waals surface area (Å²) in [6, 6.07) is 13.9. The van der Waals surface area contributed by atoms with E-state index in [0.29, 0.717) is 0 Å². The number of halogens is 2. The molecule has 0 saturated heterocycles. The van der Waals surface area contributed by atoms with Gasteiger partial charge in [-0.15, -0.1) is 0 Å². The zero-order valence-electron chi connectivity index (χ0n) is 10.9. The van der Waals surface area contributed by atoms with Gasteiger partial charge in [-0.3, -0.25) is 0 Å². The van der Waals surface area contributed by atoms with Gasteiger partial charge in [-0.25, -0.2) is 0 Å². The van der Waals surface area contributed by atoms with Crippen LogP contribution in [0.4, 0.5) is 0 Å². The SMILES string of the molecule is CCCNCc1ccc(Cl)cc1-c1ccc(Cl)cc1. The Morgan fingerprint density at radius 3 is 2.32 bits per heavy atom. The van der Waals surface area contributed by atoms with E-state index in [0.717, 1.165) is 40.7 Å². The molecule has 0 radical (unpaired) electrons. The molecule has 0 atom stereocenters. The van der Waals surface area contributed by atoms with Gasteiger partial charge in [0.2, 0.25) is 0 Å². The van der Waals surface area contributed by atoms with Crippen molar-refractivity contribution >= 4 is 23.2 Å². The van der Waals surface area contributed by atoms with Crippen LogP contribution in [0.5, 0.6) is 0 Å². The van der Waals surface area contributed by atoms with Crippen LogP contribution in [0.1, 0.15) is 18.9 Å². The molecule has 0 aliphatic rings. The lowest BCUT2D eigenvalue weighted by molar-refractivity contribution is 0.676. The van der Waals surface area contributed by atoms with Crippen LogP contribution >= 0.6 is 23.2 Å². The van der Waals surface area contributed by atoms with Crippen molar-refractivity contribution in [3.63, 3.8) is 0 Å². The van der Waals surface area contributed by atoms with Crippen LogP contribution in [0.3, 0.4) is 0 Å². The van der Waals surface area contributed by atoms with Gasteiger partial charge in [0.1, 0.15) is 0 Å². The smallest absolute Gasteiger partial charge is 0.0412 e. The Morgan fingerprint density at radius 1 is 0.947 bits per heavy atom. The number of hydrogen-bond acceptors (Lipinski definition) is 1. The standard InChI is InChI=1S/C16H17Cl2N/c1-2-9-19-11-13-5-8-15(18)10-16(13)12-3-6-14(17)7-4-12/h3-8,10,19H,2,9,11H2,1H3. The largest absolute Gasteiger partial charge is 0.313 e. The van der Waals surface area contributed by atoms with E-state index in [1.165, 1.54) is 5.56 Å². The van der Waals surface area contributed by atoms with Crippen molar-refractivity contribution in [2.75, 3.05) is 6.54 Å². The van der Waals surface area contributed by atoms with Gasteiger partial charge in [-0.2, -0.15) is 0 Å². The first-order valence-electron chi connectivity index (χ1n) is 6.46. The molecule has 100 valence electrons. The van der Waals surface area contributed by atoms with Crippen LogP contribution in [-0.4, -0.2) is 6.54 Å². The van der Waals surface area contributed by atoms with Crippen LogP contribution in [0.25, 0.3) is 11.1 Å². The fourth-order valence-corrected chi connectivity index (χ4v) is 2.30. The second-order valence-electron chi connectivity index (χ2n) is 4.49. The van der Waals surface area contributed by atoms with Gasteiger partial charge in [0.05, 0.1) is 0 Å². The van der Waals surface area contributed by atoms with Gasteiger partial charge >= 0.3 is 0 Å². The fourth-order valence-electron chi connectivity index (χ4n) is 2.00. The minimum atomic E-state index is 0.747. The van der Waals surface area contributed by atoms with Crippen LogP contribution < -0.4 is 5.32 Å². The van der Waals surface area contributed by atoms with Crippen LogP contribution in [0.15, 0.2) is 42.5 Å². The molecule has 0 aliphatic heterocycles. The summed E-state index contributed by atoms with van der Waals surface area (Å²) < 4.78 is 0. The van der Waals surface area contributed by atoms with Gasteiger partial charge in [0, 0.05) is 16.6 Å². The molecule has 2 aromatic rings. The highest BCUT2D eigenvalue weighted by Gasteiger charge is 2.06. The molecule has 0 fully saturated rings. The molecule has 1 N–H and O–H groups in total. The molecule has 0 amide bonds. The summed E-state index contributed by atoms with van der Waals surface area (Å²) in [5, 5.41) is 4.92. The average Bonchev–Trinajstić information content (AvgIpc) is 2.41. The van der Waals surface area contributed by atoms with Crippen LogP contribution in [0, 0.1) is 0 Å². The molecule has 0 bridgehead atoms. The molecule has 2 rings (SSSR count). The topological polar surface area (TPSA) is 12.0 Å². The van der Waals surface area contributed by atoms with E-state index in [9.17, 15) is 0 Å². The van der Waals surface area contributed by atoms with Crippen LogP contribution in [-0.2, 0) is 6.54 Å². The second kappa shape index (κ2) is 6.95. The highest BCUT2D eigenvalue weighted by atomic mass is 35.5. The monoisotopic (exact) mass is 293 g/mol. The predicted octanol–water partition coefficient (Wildman–Crippen LogP) is 5.16. The predicted molar refractivity (Wildman–Crippen MR) is 83.9 cm³/mol. The Kier molecular flexibility index (Phi) is 5.26. The lowest BCUT2D eigenvalue weighted by atomic mass is 9.99. The third-order valence-electron chi connectivity index (χ3n) is 2.97. The van der Waals surface area contributed by atoms with E-state index in [-0.39, 0.29) is 0 Å². The quantitative estimate of drug-likeness (QED) is 0.751. The first-order valence-corrected chi connectivity index (χ1v) is 7.21. The maximum atomic E-state index is 6.11. The number of hydrogen-bond donors (Lipinski definition) is 1. The van der Waals surface area contributed by atoms with E-state index in [2.05, 4.69) is 18.3 Å². The minimum absolute atomic E-state index is 0.747. The summed E-state index contributed by atoms with van der Waals surface area (Å²) in [6.07, 6.45) is 1.13. The van der Waals surface area contributed by atoms with Crippen molar-refractivity contribution in [1.82, 2.24) is 5.32 Å². The fraction of sp³-hybridized carbons (Fsp3) is 0.250. The van der Waals surface area contributed by atoms with Gasteiger partial charge in [0.15, 0.2) is 0 Å². The first kappa shape index (κ1) is 14.4. The summed E-state index contributed by atoms with van der Waals surface area (Å²) >= 11 is 12.0. The number of rotatable bonds is 5. The molecule has 0 aliphatic carbocycles. The maximum Gasteiger partial charge on any atom is 0.0412 e. The summed E-state index contributed by atoms with van der Waals surface area (Å²) in [5.74, 6) is 0. The molecule has 0 unspecified atom stereocenters. The minimum Gasteiger partial charge on any atom is -0.313 e. The normalized spacial score (nSPS) is 10.7. The van der Waals surface area contributed by atoms with Crippen molar-refractivity contribution in [3.05, 3.63) is 58.1 Å². The van der Waals surface area contributed by atoms with Gasteiger partial charge in [-0.05, 0) is 53.9 Å². The molecule has 0 spiro atoms. The zero-order valence-corrected chi connectivity index (χ0v) is 12.4. The van der Waals surface area contributed by atoms with E-state index in [1.54, 1.807) is 0 Å². The molecular formula is C16H17Cl2N. The van der Waals surface area contributed by atoms with Crippen LogP contribution in [0.2, 0.25) is 10.0 Å². The highest BCUT2D eigenvalue weighted by molar-refractivity contribution is 6.31. The van der Waals surface area contributed by atoms with Crippen molar-refractivity contribution in [2.45, 2.75) is 19.9 Å². The Hall–Kier alpha value is -1.02. The van der Waals surface area contributed by atoms with Gasteiger partial charge in [-0.1, -0.05) is 48.3 Å². The van der Waals surface area contributed by atoms with E-state index in [4.69, 9.17) is 23.2 Å². The zero-order chi connectivity index (χ0) is 13.7. The van der Waals surface area contributed by atoms with E-state index < -0.39 is 0 Å². The van der Waals surface area contributed by atoms with Crippen molar-refractivity contribution in [2.24, 2.45) is 0 Å². The van der Waals surface area contributed by atoms with E-state index >= 15 is 0 Å². The lowest BCUT2D eigenvalue weighted by Crippen LogP contribution is -2.14. The van der Waals surface area contributed by atoms with Crippen molar-refractivity contribution in [3.8, 4) is 11.1 Å². The summed E-state index contributed by atoms with van der Waals surface area (Å²) in [4.78, 5) is 0. The molecule has 0 heterocycles. The van der Waals surface area contributed by atoms with Gasteiger partial charge < -0.3 is 5.32 Å². The summed E-state index contributed by atoms with van der Waals surface area (Å²) in [5.41, 5.74) is 3.55. The van der Waals surface area contributed by atoms with Crippen molar-refractivity contribution < 1.29 is 0 Å². The third kappa shape index (κ3) is 3.97. The average molecular weight is 294 g/mol. The lowest BCUT2D eigenvalue weighted by Gasteiger charge is -2.11. The maximum absolute atomic E-state index is 6.11. The molecule has 0 aromatic heterocycles. The molecule has 2 aromatic carbocycles. The number of nitrogens with one attached hydrogen (secondary N) is 1. The molecular weight excluding hydrogens is 277 g/mol. The second-order valence-corrected chi connectivity index (χ2v) is 5.36. The van der Waals surface area contributed by atoms with Crippen molar-refractivity contribution in [1.29, 1.82) is 0 Å². The Morgan fingerprint density at radius 2 is 1.63 bits per heavy atom. The molecule has 3 heteroatoms.